The molecule has 4 heteroatoms. The molecule has 3 rings (SSSR count). The molecule has 18 heavy (non-hydrogen) atoms. The molecule has 1 saturated carbocycles. The summed E-state index contributed by atoms with van der Waals surface area (Å²) in [7, 11) is 0. The molecule has 1 aliphatic carbocycles. The monoisotopic (exact) mass is 244 g/mol. The molecule has 0 aromatic heterocycles. The zero-order valence-electron chi connectivity index (χ0n) is 10.2. The van der Waals surface area contributed by atoms with Crippen molar-refractivity contribution in [2.75, 3.05) is 4.90 Å². The van der Waals surface area contributed by atoms with Crippen molar-refractivity contribution in [1.29, 1.82) is 0 Å². The second-order valence-corrected chi connectivity index (χ2v) is 4.94. The van der Waals surface area contributed by atoms with Crippen molar-refractivity contribution in [2.45, 2.75) is 38.3 Å². The van der Waals surface area contributed by atoms with Crippen LogP contribution in [0.5, 0.6) is 0 Å². The van der Waals surface area contributed by atoms with Gasteiger partial charge in [-0.2, -0.15) is 0 Å². The van der Waals surface area contributed by atoms with Gasteiger partial charge in [-0.15, -0.1) is 0 Å². The predicted octanol–water partition coefficient (Wildman–Crippen LogP) is 1.59. The van der Waals surface area contributed by atoms with Gasteiger partial charge in [0.15, 0.2) is 0 Å². The van der Waals surface area contributed by atoms with E-state index in [0.717, 1.165) is 6.54 Å². The lowest BCUT2D eigenvalue weighted by molar-refractivity contribution is -0.121. The smallest absolute Gasteiger partial charge is 0.234 e. The highest BCUT2D eigenvalue weighted by molar-refractivity contribution is 6.19. The molecule has 1 aromatic rings. The minimum absolute atomic E-state index is 0.0937. The summed E-state index contributed by atoms with van der Waals surface area (Å²) in [6.45, 7) is 0.854. The summed E-state index contributed by atoms with van der Waals surface area (Å²) in [5, 5.41) is 3.43. The first-order chi connectivity index (χ1) is 8.74. The molecule has 2 fully saturated rings. The molecule has 0 spiro atoms. The van der Waals surface area contributed by atoms with E-state index in [1.165, 1.54) is 23.3 Å². The lowest BCUT2D eigenvalue weighted by atomic mass is 10.2. The van der Waals surface area contributed by atoms with Gasteiger partial charge < -0.3 is 5.32 Å². The summed E-state index contributed by atoms with van der Waals surface area (Å²) >= 11 is 0. The van der Waals surface area contributed by atoms with E-state index in [9.17, 15) is 9.59 Å². The Hall–Kier alpha value is -1.68. The highest BCUT2D eigenvalue weighted by atomic mass is 16.2. The van der Waals surface area contributed by atoms with E-state index in [1.54, 1.807) is 0 Å². The van der Waals surface area contributed by atoms with E-state index in [4.69, 9.17) is 0 Å². The van der Waals surface area contributed by atoms with Crippen LogP contribution in [0.4, 0.5) is 5.69 Å². The van der Waals surface area contributed by atoms with Crippen molar-refractivity contribution in [1.82, 2.24) is 5.32 Å². The average molecular weight is 244 g/mol. The molecular formula is C14H16N2O2. The molecule has 2 aliphatic rings. The summed E-state index contributed by atoms with van der Waals surface area (Å²) in [6.07, 6.45) is 3.22. The number of carbonyl (C=O) groups excluding carboxylic acids is 2. The summed E-state index contributed by atoms with van der Waals surface area (Å²) in [5.74, 6) is -0.187. The van der Waals surface area contributed by atoms with E-state index in [0.29, 0.717) is 24.6 Å². The first-order valence-electron chi connectivity index (χ1n) is 6.42. The second-order valence-electron chi connectivity index (χ2n) is 4.94. The number of amides is 2. The van der Waals surface area contributed by atoms with E-state index >= 15 is 0 Å². The van der Waals surface area contributed by atoms with Gasteiger partial charge in [0, 0.05) is 25.4 Å². The Bertz CT molecular complexity index is 461. The number of benzene rings is 1. The van der Waals surface area contributed by atoms with Crippen LogP contribution in [0.1, 0.15) is 31.2 Å². The Balaban J connectivity index is 1.69. The van der Waals surface area contributed by atoms with Crippen LogP contribution in [-0.4, -0.2) is 17.9 Å². The number of rotatable bonds is 4. The van der Waals surface area contributed by atoms with Gasteiger partial charge in [-0.3, -0.25) is 14.5 Å². The summed E-state index contributed by atoms with van der Waals surface area (Å²) < 4.78 is 0. The molecule has 1 heterocycles. The Labute approximate surface area is 106 Å². The largest absolute Gasteiger partial charge is 0.310 e. The van der Waals surface area contributed by atoms with E-state index < -0.39 is 0 Å². The third kappa shape index (κ3) is 2.29. The zero-order chi connectivity index (χ0) is 12.5. The van der Waals surface area contributed by atoms with Crippen molar-refractivity contribution in [3.8, 4) is 0 Å². The van der Waals surface area contributed by atoms with E-state index in [1.807, 2.05) is 24.3 Å². The summed E-state index contributed by atoms with van der Waals surface area (Å²) in [6, 6.07) is 8.34. The van der Waals surface area contributed by atoms with Crippen molar-refractivity contribution >= 4 is 17.5 Å². The van der Waals surface area contributed by atoms with E-state index in [-0.39, 0.29) is 11.8 Å². The Morgan fingerprint density at radius 1 is 1.06 bits per heavy atom. The van der Waals surface area contributed by atoms with Crippen LogP contribution in [-0.2, 0) is 16.1 Å². The van der Waals surface area contributed by atoms with Crippen LogP contribution in [0, 0.1) is 0 Å². The summed E-state index contributed by atoms with van der Waals surface area (Å²) in [5.41, 5.74) is 1.88. The molecule has 1 saturated heterocycles. The zero-order valence-corrected chi connectivity index (χ0v) is 10.2. The first-order valence-corrected chi connectivity index (χ1v) is 6.42. The van der Waals surface area contributed by atoms with Gasteiger partial charge in [0.1, 0.15) is 0 Å². The van der Waals surface area contributed by atoms with Gasteiger partial charge in [0.25, 0.3) is 0 Å². The maximum Gasteiger partial charge on any atom is 0.234 e. The Morgan fingerprint density at radius 3 is 2.22 bits per heavy atom. The second kappa shape index (κ2) is 4.53. The Kier molecular flexibility index (Phi) is 2.88. The van der Waals surface area contributed by atoms with Crippen LogP contribution in [0.25, 0.3) is 0 Å². The molecule has 1 N–H and O–H groups in total. The quantitative estimate of drug-likeness (QED) is 0.818. The minimum Gasteiger partial charge on any atom is -0.310 e. The molecule has 0 radical (unpaired) electrons. The topological polar surface area (TPSA) is 49.4 Å². The first kappa shape index (κ1) is 11.4. The number of imide groups is 1. The van der Waals surface area contributed by atoms with Crippen LogP contribution in [0.3, 0.4) is 0 Å². The number of carbonyl (C=O) groups is 2. The molecule has 0 atom stereocenters. The van der Waals surface area contributed by atoms with Gasteiger partial charge in [-0.05, 0) is 30.5 Å². The van der Waals surface area contributed by atoms with Crippen LogP contribution < -0.4 is 10.2 Å². The number of nitrogens with one attached hydrogen (secondary N) is 1. The van der Waals surface area contributed by atoms with Crippen molar-refractivity contribution in [2.24, 2.45) is 0 Å². The fourth-order valence-electron chi connectivity index (χ4n) is 2.18. The lowest BCUT2D eigenvalue weighted by Gasteiger charge is -2.14. The number of hydrogen-bond acceptors (Lipinski definition) is 3. The van der Waals surface area contributed by atoms with Crippen LogP contribution in [0.2, 0.25) is 0 Å². The molecule has 4 nitrogen and oxygen atoms in total. The number of hydrogen-bond donors (Lipinski definition) is 1. The summed E-state index contributed by atoms with van der Waals surface area (Å²) in [4.78, 5) is 24.5. The third-order valence-electron chi connectivity index (χ3n) is 3.42. The fraction of sp³-hybridized carbons (Fsp3) is 0.429. The Morgan fingerprint density at radius 2 is 1.67 bits per heavy atom. The normalized spacial score (nSPS) is 19.7. The molecular weight excluding hydrogens is 228 g/mol. The minimum atomic E-state index is -0.0937. The van der Waals surface area contributed by atoms with Gasteiger partial charge >= 0.3 is 0 Å². The molecule has 0 bridgehead atoms. The number of nitrogens with zero attached hydrogens (tertiary/aromatic N) is 1. The average Bonchev–Trinajstić information content (AvgIpc) is 3.14. The highest BCUT2D eigenvalue weighted by Gasteiger charge is 2.30. The number of anilines is 1. The molecule has 94 valence electrons. The molecule has 1 aromatic carbocycles. The van der Waals surface area contributed by atoms with Gasteiger partial charge in [0.05, 0.1) is 5.69 Å². The fourth-order valence-corrected chi connectivity index (χ4v) is 2.18. The maximum atomic E-state index is 11.6. The molecule has 1 aliphatic heterocycles. The third-order valence-corrected chi connectivity index (χ3v) is 3.42. The van der Waals surface area contributed by atoms with Crippen molar-refractivity contribution < 1.29 is 9.59 Å². The standard InChI is InChI=1S/C14H16N2O2/c17-13-7-8-14(18)16(13)12-5-1-10(2-6-12)9-15-11-3-4-11/h1-2,5-6,11,15H,3-4,7-9H2. The van der Waals surface area contributed by atoms with Crippen LogP contribution >= 0.6 is 0 Å². The predicted molar refractivity (Wildman–Crippen MR) is 68.0 cm³/mol. The van der Waals surface area contributed by atoms with E-state index in [2.05, 4.69) is 5.32 Å². The van der Waals surface area contributed by atoms with Crippen molar-refractivity contribution in [3.05, 3.63) is 29.8 Å². The van der Waals surface area contributed by atoms with Gasteiger partial charge in [0.2, 0.25) is 11.8 Å². The molecule has 2 amide bonds. The van der Waals surface area contributed by atoms with Gasteiger partial charge in [-0.25, -0.2) is 0 Å². The lowest BCUT2D eigenvalue weighted by Crippen LogP contribution is -2.28. The molecule has 0 unspecified atom stereocenters. The van der Waals surface area contributed by atoms with Crippen LogP contribution in [0.15, 0.2) is 24.3 Å². The van der Waals surface area contributed by atoms with Crippen molar-refractivity contribution in [3.63, 3.8) is 0 Å². The maximum absolute atomic E-state index is 11.6. The highest BCUT2D eigenvalue weighted by Crippen LogP contribution is 2.23. The SMILES string of the molecule is O=C1CCC(=O)N1c1ccc(CNC2CC2)cc1. The van der Waals surface area contributed by atoms with Gasteiger partial charge in [-0.1, -0.05) is 12.1 Å².